The van der Waals surface area contributed by atoms with Crippen molar-refractivity contribution >= 4 is 16.9 Å². The topological polar surface area (TPSA) is 82.2 Å². The highest BCUT2D eigenvalue weighted by atomic mass is 16.5. The quantitative estimate of drug-likeness (QED) is 0.685. The van der Waals surface area contributed by atoms with Gasteiger partial charge in [0.1, 0.15) is 24.4 Å². The van der Waals surface area contributed by atoms with Gasteiger partial charge in [0.2, 0.25) is 0 Å². The van der Waals surface area contributed by atoms with Crippen LogP contribution >= 0.6 is 0 Å². The Morgan fingerprint density at radius 2 is 2.00 bits per heavy atom. The minimum absolute atomic E-state index is 0.146. The molecule has 2 aromatic rings. The molecule has 0 bridgehead atoms. The van der Waals surface area contributed by atoms with Crippen molar-refractivity contribution in [1.82, 2.24) is 5.32 Å². The Labute approximate surface area is 170 Å². The lowest BCUT2D eigenvalue weighted by Crippen LogP contribution is -3.14. The molecule has 2 heterocycles. The minimum Gasteiger partial charge on any atom is -0.480 e. The number of rotatable bonds is 6. The number of amides is 1. The molecule has 7 nitrogen and oxygen atoms in total. The summed E-state index contributed by atoms with van der Waals surface area (Å²) in [4.78, 5) is 26.2. The molecule has 1 saturated heterocycles. The van der Waals surface area contributed by atoms with E-state index in [1.807, 2.05) is 19.1 Å². The average Bonchev–Trinajstić information content (AvgIpc) is 3.22. The van der Waals surface area contributed by atoms with Crippen molar-refractivity contribution in [3.05, 3.63) is 39.2 Å². The van der Waals surface area contributed by atoms with Crippen LogP contribution in [0.4, 0.5) is 0 Å². The zero-order valence-electron chi connectivity index (χ0n) is 17.1. The molecule has 2 aliphatic rings. The van der Waals surface area contributed by atoms with E-state index in [2.05, 4.69) is 5.32 Å². The number of hydrogen-bond acceptors (Lipinski definition) is 5. The fourth-order valence-electron chi connectivity index (χ4n) is 4.25. The second-order valence-corrected chi connectivity index (χ2v) is 7.93. The predicted octanol–water partition coefficient (Wildman–Crippen LogP) is 0.389. The molecule has 1 aromatic carbocycles. The molecule has 1 aliphatic heterocycles. The SMILES string of the molecule is Cc1c(O[C@@H](C)C(=O)NCC[NH+]2CCOCC2)ccc2c3c(c(=O)oc12)CCC3. The fraction of sp³-hybridized carbons (Fsp3) is 0.545. The number of carbonyl (C=O) groups is 1. The number of carbonyl (C=O) groups excluding carboxylic acids is 1. The van der Waals surface area contributed by atoms with Gasteiger partial charge < -0.3 is 24.1 Å². The molecule has 0 saturated carbocycles. The van der Waals surface area contributed by atoms with E-state index in [0.29, 0.717) is 17.9 Å². The Hall–Kier alpha value is -2.38. The molecule has 0 radical (unpaired) electrons. The summed E-state index contributed by atoms with van der Waals surface area (Å²) in [5, 5.41) is 3.93. The Kier molecular flexibility index (Phi) is 5.87. The average molecular weight is 401 g/mol. The summed E-state index contributed by atoms with van der Waals surface area (Å²) in [6.45, 7) is 8.62. The molecule has 4 rings (SSSR count). The third kappa shape index (κ3) is 4.16. The van der Waals surface area contributed by atoms with Crippen molar-refractivity contribution in [3.8, 4) is 5.75 Å². The second kappa shape index (κ2) is 8.55. The molecule has 1 aromatic heterocycles. The van der Waals surface area contributed by atoms with Crippen LogP contribution in [0.2, 0.25) is 0 Å². The van der Waals surface area contributed by atoms with Gasteiger partial charge in [-0.1, -0.05) is 0 Å². The Morgan fingerprint density at radius 1 is 1.24 bits per heavy atom. The molecule has 1 amide bonds. The van der Waals surface area contributed by atoms with Crippen LogP contribution in [0.3, 0.4) is 0 Å². The highest BCUT2D eigenvalue weighted by Crippen LogP contribution is 2.33. The van der Waals surface area contributed by atoms with E-state index in [-0.39, 0.29) is 11.5 Å². The smallest absolute Gasteiger partial charge is 0.339 e. The molecule has 1 aliphatic carbocycles. The van der Waals surface area contributed by atoms with Gasteiger partial charge in [-0.25, -0.2) is 4.79 Å². The van der Waals surface area contributed by atoms with E-state index in [4.69, 9.17) is 13.9 Å². The van der Waals surface area contributed by atoms with Gasteiger partial charge in [0.15, 0.2) is 6.10 Å². The van der Waals surface area contributed by atoms with E-state index in [1.165, 1.54) is 4.90 Å². The number of aryl methyl sites for hydroxylation is 2. The maximum Gasteiger partial charge on any atom is 0.339 e. The number of hydrogen-bond donors (Lipinski definition) is 2. The van der Waals surface area contributed by atoms with Crippen LogP contribution < -0.4 is 20.6 Å². The van der Waals surface area contributed by atoms with Crippen LogP contribution in [0.15, 0.2) is 21.3 Å². The summed E-state index contributed by atoms with van der Waals surface area (Å²) in [5.41, 5.74) is 2.98. The number of nitrogens with one attached hydrogen (secondary N) is 2. The van der Waals surface area contributed by atoms with E-state index in [0.717, 1.165) is 74.2 Å². The van der Waals surface area contributed by atoms with Crippen molar-refractivity contribution in [2.45, 2.75) is 39.2 Å². The van der Waals surface area contributed by atoms with Crippen molar-refractivity contribution in [1.29, 1.82) is 0 Å². The minimum atomic E-state index is -0.632. The van der Waals surface area contributed by atoms with E-state index in [1.54, 1.807) is 6.92 Å². The summed E-state index contributed by atoms with van der Waals surface area (Å²) in [6, 6.07) is 3.81. The first kappa shape index (κ1) is 19.9. The first-order chi connectivity index (χ1) is 14.0. The fourth-order valence-corrected chi connectivity index (χ4v) is 4.25. The Bertz CT molecular complexity index is 962. The lowest BCUT2D eigenvalue weighted by Gasteiger charge is -2.24. The van der Waals surface area contributed by atoms with Gasteiger partial charge in [-0.05, 0) is 50.8 Å². The maximum absolute atomic E-state index is 12.4. The standard InChI is InChI=1S/C22H28N2O5/c1-14-19(7-6-17-16-4-3-5-18(16)22(26)29-20(14)17)28-15(2)21(25)23-8-9-24-10-12-27-13-11-24/h6-7,15H,3-5,8-13H2,1-2H3,(H,23,25)/p+1/t15-/m0/s1. The van der Waals surface area contributed by atoms with Gasteiger partial charge in [0, 0.05) is 16.5 Å². The van der Waals surface area contributed by atoms with Gasteiger partial charge in [0.25, 0.3) is 5.91 Å². The first-order valence-electron chi connectivity index (χ1n) is 10.5. The number of benzene rings is 1. The molecule has 7 heteroatoms. The number of ether oxygens (including phenoxy) is 2. The zero-order valence-corrected chi connectivity index (χ0v) is 17.1. The lowest BCUT2D eigenvalue weighted by atomic mass is 10.0. The van der Waals surface area contributed by atoms with Crippen molar-refractivity contribution < 1.29 is 23.6 Å². The van der Waals surface area contributed by atoms with Gasteiger partial charge in [-0.3, -0.25) is 4.79 Å². The number of quaternary nitrogens is 1. The van der Waals surface area contributed by atoms with E-state index >= 15 is 0 Å². The molecule has 1 atom stereocenters. The highest BCUT2D eigenvalue weighted by Gasteiger charge is 2.23. The molecule has 29 heavy (non-hydrogen) atoms. The third-order valence-electron chi connectivity index (χ3n) is 5.99. The van der Waals surface area contributed by atoms with Crippen LogP contribution in [0.25, 0.3) is 11.0 Å². The van der Waals surface area contributed by atoms with Crippen LogP contribution in [0.1, 0.15) is 30.0 Å². The van der Waals surface area contributed by atoms with E-state index < -0.39 is 6.10 Å². The van der Waals surface area contributed by atoms with Gasteiger partial charge >= 0.3 is 5.63 Å². The van der Waals surface area contributed by atoms with Crippen LogP contribution in [0.5, 0.6) is 5.75 Å². The Morgan fingerprint density at radius 3 is 2.79 bits per heavy atom. The summed E-state index contributed by atoms with van der Waals surface area (Å²) in [6.07, 6.45) is 2.04. The molecular weight excluding hydrogens is 372 g/mol. The van der Waals surface area contributed by atoms with Crippen LogP contribution in [0, 0.1) is 6.92 Å². The van der Waals surface area contributed by atoms with Crippen molar-refractivity contribution in [3.63, 3.8) is 0 Å². The predicted molar refractivity (Wildman–Crippen MR) is 109 cm³/mol. The molecule has 0 spiro atoms. The molecular formula is C22H29N2O5+. The summed E-state index contributed by atoms with van der Waals surface area (Å²) < 4.78 is 16.9. The summed E-state index contributed by atoms with van der Waals surface area (Å²) in [7, 11) is 0. The number of fused-ring (bicyclic) bond motifs is 3. The van der Waals surface area contributed by atoms with Gasteiger partial charge in [-0.15, -0.1) is 0 Å². The second-order valence-electron chi connectivity index (χ2n) is 7.93. The van der Waals surface area contributed by atoms with Gasteiger partial charge in [-0.2, -0.15) is 0 Å². The van der Waals surface area contributed by atoms with Crippen molar-refractivity contribution in [2.24, 2.45) is 0 Å². The van der Waals surface area contributed by atoms with Crippen molar-refractivity contribution in [2.75, 3.05) is 39.4 Å². The normalized spacial score (nSPS) is 17.9. The maximum atomic E-state index is 12.4. The summed E-state index contributed by atoms with van der Waals surface area (Å²) in [5.74, 6) is 0.424. The number of morpholine rings is 1. The first-order valence-corrected chi connectivity index (χ1v) is 10.5. The third-order valence-corrected chi connectivity index (χ3v) is 5.99. The van der Waals surface area contributed by atoms with Gasteiger partial charge in [0.05, 0.1) is 26.3 Å². The Balaban J connectivity index is 1.42. The molecule has 0 unspecified atom stereocenters. The summed E-state index contributed by atoms with van der Waals surface area (Å²) >= 11 is 0. The lowest BCUT2D eigenvalue weighted by molar-refractivity contribution is -0.906. The monoisotopic (exact) mass is 401 g/mol. The van der Waals surface area contributed by atoms with Crippen LogP contribution in [-0.4, -0.2) is 51.4 Å². The molecule has 1 fully saturated rings. The highest BCUT2D eigenvalue weighted by molar-refractivity contribution is 5.86. The molecule has 156 valence electrons. The van der Waals surface area contributed by atoms with E-state index in [9.17, 15) is 9.59 Å². The van der Waals surface area contributed by atoms with Crippen LogP contribution in [-0.2, 0) is 22.4 Å². The largest absolute Gasteiger partial charge is 0.480 e. The molecule has 2 N–H and O–H groups in total. The zero-order chi connectivity index (χ0) is 20.4.